The van der Waals surface area contributed by atoms with E-state index < -0.39 is 0 Å². The van der Waals surface area contributed by atoms with E-state index in [4.69, 9.17) is 0 Å². The van der Waals surface area contributed by atoms with Crippen LogP contribution in [0.3, 0.4) is 0 Å². The molecule has 18 heavy (non-hydrogen) atoms. The maximum Gasteiger partial charge on any atom is 0.224 e. The Labute approximate surface area is 105 Å². The molecule has 0 saturated carbocycles. The fourth-order valence-electron chi connectivity index (χ4n) is 1.90. The number of amides is 2. The molecule has 1 aromatic rings. The van der Waals surface area contributed by atoms with Gasteiger partial charge in [0.1, 0.15) is 6.33 Å². The van der Waals surface area contributed by atoms with Crippen molar-refractivity contribution >= 4 is 11.8 Å². The zero-order valence-electron chi connectivity index (χ0n) is 10.3. The van der Waals surface area contributed by atoms with Gasteiger partial charge in [0.15, 0.2) is 5.82 Å². The minimum atomic E-state index is -0.112. The van der Waals surface area contributed by atoms with E-state index in [1.165, 1.54) is 0 Å². The van der Waals surface area contributed by atoms with Crippen LogP contribution in [-0.4, -0.2) is 39.7 Å². The largest absolute Gasteiger partial charge is 0.355 e. The summed E-state index contributed by atoms with van der Waals surface area (Å²) in [5.41, 5.74) is 0. The maximum atomic E-state index is 11.8. The topological polar surface area (TPSA) is 88.9 Å². The van der Waals surface area contributed by atoms with E-state index in [0.29, 0.717) is 32.4 Å². The third-order valence-corrected chi connectivity index (χ3v) is 2.93. The van der Waals surface area contributed by atoms with Crippen molar-refractivity contribution in [3.05, 3.63) is 12.2 Å². The molecule has 2 heterocycles. The molecule has 1 unspecified atom stereocenters. The standard InChI is InChI=1S/C11H17N5O2/c1-16-7-14-9(15-16)4-5-12-11(18)8-2-3-10(17)13-6-8/h7-8H,2-6H2,1H3,(H,12,18)(H,13,17). The Bertz CT molecular complexity index is 432. The van der Waals surface area contributed by atoms with Crippen molar-refractivity contribution in [3.63, 3.8) is 0 Å². The van der Waals surface area contributed by atoms with Crippen LogP contribution in [0.5, 0.6) is 0 Å². The Kier molecular flexibility index (Phi) is 3.91. The van der Waals surface area contributed by atoms with E-state index in [1.807, 2.05) is 0 Å². The molecule has 7 heteroatoms. The van der Waals surface area contributed by atoms with Crippen molar-refractivity contribution in [2.24, 2.45) is 13.0 Å². The molecule has 1 atom stereocenters. The van der Waals surface area contributed by atoms with Crippen LogP contribution in [0.4, 0.5) is 0 Å². The van der Waals surface area contributed by atoms with Gasteiger partial charge in [-0.3, -0.25) is 14.3 Å². The third-order valence-electron chi connectivity index (χ3n) is 2.93. The lowest BCUT2D eigenvalue weighted by Gasteiger charge is -2.21. The highest BCUT2D eigenvalue weighted by Crippen LogP contribution is 2.10. The highest BCUT2D eigenvalue weighted by atomic mass is 16.2. The Morgan fingerprint density at radius 2 is 2.50 bits per heavy atom. The van der Waals surface area contributed by atoms with E-state index in [9.17, 15) is 9.59 Å². The first-order valence-corrected chi connectivity index (χ1v) is 6.04. The van der Waals surface area contributed by atoms with Crippen molar-refractivity contribution in [1.82, 2.24) is 25.4 Å². The summed E-state index contributed by atoms with van der Waals surface area (Å²) in [4.78, 5) is 26.8. The number of hydrogen-bond acceptors (Lipinski definition) is 4. The minimum Gasteiger partial charge on any atom is -0.355 e. The highest BCUT2D eigenvalue weighted by Gasteiger charge is 2.23. The van der Waals surface area contributed by atoms with Crippen LogP contribution in [0.2, 0.25) is 0 Å². The van der Waals surface area contributed by atoms with Crippen LogP contribution in [0.15, 0.2) is 6.33 Å². The minimum absolute atomic E-state index is 0.00840. The quantitative estimate of drug-likeness (QED) is 0.718. The predicted molar refractivity (Wildman–Crippen MR) is 63.5 cm³/mol. The van der Waals surface area contributed by atoms with E-state index in [1.54, 1.807) is 18.1 Å². The molecule has 0 spiro atoms. The van der Waals surface area contributed by atoms with Crippen LogP contribution in [0, 0.1) is 5.92 Å². The third kappa shape index (κ3) is 3.28. The second kappa shape index (κ2) is 5.61. The SMILES string of the molecule is Cn1cnc(CCNC(=O)C2CCC(=O)NC2)n1. The summed E-state index contributed by atoms with van der Waals surface area (Å²) in [6.07, 6.45) is 3.30. The van der Waals surface area contributed by atoms with E-state index in [2.05, 4.69) is 20.7 Å². The van der Waals surface area contributed by atoms with Crippen LogP contribution in [0.1, 0.15) is 18.7 Å². The van der Waals surface area contributed by atoms with Crippen LogP contribution in [0.25, 0.3) is 0 Å². The molecule has 0 bridgehead atoms. The van der Waals surface area contributed by atoms with Gasteiger partial charge >= 0.3 is 0 Å². The average molecular weight is 251 g/mol. The van der Waals surface area contributed by atoms with E-state index in [0.717, 1.165) is 5.82 Å². The first-order valence-electron chi connectivity index (χ1n) is 6.04. The van der Waals surface area contributed by atoms with Crippen LogP contribution < -0.4 is 10.6 Å². The summed E-state index contributed by atoms with van der Waals surface area (Å²) in [7, 11) is 1.81. The molecular weight excluding hydrogens is 234 g/mol. The van der Waals surface area contributed by atoms with Gasteiger partial charge in [0, 0.05) is 33.0 Å². The number of carbonyl (C=O) groups is 2. The number of hydrogen-bond donors (Lipinski definition) is 2. The van der Waals surface area contributed by atoms with Gasteiger partial charge in [0.2, 0.25) is 11.8 Å². The second-order valence-corrected chi connectivity index (χ2v) is 4.42. The molecule has 1 aliphatic rings. The summed E-state index contributed by atoms with van der Waals surface area (Å²) in [6, 6.07) is 0. The van der Waals surface area contributed by atoms with Crippen molar-refractivity contribution in [2.75, 3.05) is 13.1 Å². The molecule has 1 saturated heterocycles. The number of nitrogens with zero attached hydrogens (tertiary/aromatic N) is 3. The first kappa shape index (κ1) is 12.5. The molecule has 1 aromatic heterocycles. The molecule has 0 radical (unpaired) electrons. The van der Waals surface area contributed by atoms with E-state index >= 15 is 0 Å². The maximum absolute atomic E-state index is 11.8. The molecule has 0 aliphatic carbocycles. The number of aryl methyl sites for hydroxylation is 1. The van der Waals surface area contributed by atoms with Gasteiger partial charge in [-0.05, 0) is 6.42 Å². The normalized spacial score (nSPS) is 19.4. The molecule has 98 valence electrons. The van der Waals surface area contributed by atoms with Crippen molar-refractivity contribution < 1.29 is 9.59 Å². The Hall–Kier alpha value is -1.92. The number of nitrogens with one attached hydrogen (secondary N) is 2. The number of piperidine rings is 1. The lowest BCUT2D eigenvalue weighted by Crippen LogP contribution is -2.43. The highest BCUT2D eigenvalue weighted by molar-refractivity contribution is 5.83. The van der Waals surface area contributed by atoms with Gasteiger partial charge in [-0.2, -0.15) is 5.10 Å². The molecule has 2 amide bonds. The van der Waals surface area contributed by atoms with Crippen molar-refractivity contribution in [3.8, 4) is 0 Å². The summed E-state index contributed by atoms with van der Waals surface area (Å²) >= 11 is 0. The van der Waals surface area contributed by atoms with Crippen molar-refractivity contribution in [1.29, 1.82) is 0 Å². The van der Waals surface area contributed by atoms with Gasteiger partial charge < -0.3 is 10.6 Å². The van der Waals surface area contributed by atoms with Crippen LogP contribution >= 0.6 is 0 Å². The summed E-state index contributed by atoms with van der Waals surface area (Å²) in [5.74, 6) is 0.622. The van der Waals surface area contributed by atoms with Gasteiger partial charge in [-0.1, -0.05) is 0 Å². The monoisotopic (exact) mass is 251 g/mol. The zero-order valence-corrected chi connectivity index (χ0v) is 10.3. The summed E-state index contributed by atoms with van der Waals surface area (Å²) < 4.78 is 1.63. The predicted octanol–water partition coefficient (Wildman–Crippen LogP) is -1.000. The fraction of sp³-hybridized carbons (Fsp3) is 0.636. The Morgan fingerprint density at radius 1 is 1.67 bits per heavy atom. The smallest absolute Gasteiger partial charge is 0.224 e. The summed E-state index contributed by atoms with van der Waals surface area (Å²) in [6.45, 7) is 0.958. The van der Waals surface area contributed by atoms with Gasteiger partial charge in [-0.25, -0.2) is 4.98 Å². The second-order valence-electron chi connectivity index (χ2n) is 4.42. The van der Waals surface area contributed by atoms with E-state index in [-0.39, 0.29) is 17.7 Å². The molecule has 2 N–H and O–H groups in total. The Morgan fingerprint density at radius 3 is 3.11 bits per heavy atom. The average Bonchev–Trinajstić information content (AvgIpc) is 2.76. The number of rotatable bonds is 4. The number of carbonyl (C=O) groups excluding carboxylic acids is 2. The molecule has 0 aromatic carbocycles. The first-order chi connectivity index (χ1) is 8.65. The van der Waals surface area contributed by atoms with Crippen molar-refractivity contribution in [2.45, 2.75) is 19.3 Å². The lowest BCUT2D eigenvalue weighted by atomic mass is 9.98. The number of aromatic nitrogens is 3. The Balaban J connectivity index is 1.70. The lowest BCUT2D eigenvalue weighted by molar-refractivity contribution is -0.128. The molecule has 2 rings (SSSR count). The molecule has 1 aliphatic heterocycles. The van der Waals surface area contributed by atoms with Gasteiger partial charge in [-0.15, -0.1) is 0 Å². The molecule has 1 fully saturated rings. The van der Waals surface area contributed by atoms with Crippen LogP contribution in [-0.2, 0) is 23.1 Å². The van der Waals surface area contributed by atoms with Gasteiger partial charge in [0.25, 0.3) is 0 Å². The zero-order chi connectivity index (χ0) is 13.0. The molecular formula is C11H17N5O2. The fourth-order valence-corrected chi connectivity index (χ4v) is 1.90. The summed E-state index contributed by atoms with van der Waals surface area (Å²) in [5, 5.41) is 9.67. The van der Waals surface area contributed by atoms with Gasteiger partial charge in [0.05, 0.1) is 5.92 Å². The molecule has 7 nitrogen and oxygen atoms in total.